The van der Waals surface area contributed by atoms with E-state index in [4.69, 9.17) is 0 Å². The van der Waals surface area contributed by atoms with E-state index in [9.17, 15) is 4.79 Å². The summed E-state index contributed by atoms with van der Waals surface area (Å²) in [6.07, 6.45) is 6.07. The maximum atomic E-state index is 13.1. The Bertz CT molecular complexity index is 929. The van der Waals surface area contributed by atoms with Crippen LogP contribution in [0.2, 0.25) is 0 Å². The number of rotatable bonds is 7. The van der Waals surface area contributed by atoms with Gasteiger partial charge < -0.3 is 9.80 Å². The number of amides is 1. The highest BCUT2D eigenvalue weighted by atomic mass is 16.2. The number of pyridine rings is 1. The number of likely N-dealkylation sites (N-methyl/N-ethyl adjacent to an activating group) is 1. The molecule has 0 aliphatic heterocycles. The maximum absolute atomic E-state index is 13.1. The van der Waals surface area contributed by atoms with Crippen LogP contribution in [0.5, 0.6) is 0 Å². The van der Waals surface area contributed by atoms with Gasteiger partial charge in [-0.05, 0) is 61.7 Å². The minimum Gasteiger partial charge on any atom is -0.344 e. The molecule has 0 unspecified atom stereocenters. The van der Waals surface area contributed by atoms with E-state index < -0.39 is 0 Å². The third-order valence-electron chi connectivity index (χ3n) is 4.56. The molecule has 0 spiro atoms. The second kappa shape index (κ2) is 9.08. The normalized spacial score (nSPS) is 10.5. The fourth-order valence-corrected chi connectivity index (χ4v) is 2.98. The summed E-state index contributed by atoms with van der Waals surface area (Å²) in [5.41, 5.74) is 3.58. The highest BCUT2D eigenvalue weighted by Gasteiger charge is 2.19. The number of nitrogens with zero attached hydrogens (tertiary/aromatic N) is 5. The van der Waals surface area contributed by atoms with Gasteiger partial charge in [0, 0.05) is 44.4 Å². The van der Waals surface area contributed by atoms with Gasteiger partial charge in [-0.25, -0.2) is 9.97 Å². The first-order valence-electron chi connectivity index (χ1n) is 9.40. The maximum Gasteiger partial charge on any atom is 0.277 e. The van der Waals surface area contributed by atoms with Crippen molar-refractivity contribution in [3.05, 3.63) is 77.9 Å². The monoisotopic (exact) mass is 375 g/mol. The van der Waals surface area contributed by atoms with Crippen molar-refractivity contribution >= 4 is 17.5 Å². The smallest absolute Gasteiger partial charge is 0.277 e. The van der Waals surface area contributed by atoms with E-state index in [2.05, 4.69) is 15.0 Å². The lowest BCUT2D eigenvalue weighted by Gasteiger charge is -2.22. The molecule has 0 aliphatic carbocycles. The predicted octanol–water partition coefficient (Wildman–Crippen LogP) is 3.53. The number of carbonyl (C=O) groups excluding carboxylic acids is 1. The Balaban J connectivity index is 1.75. The zero-order valence-electron chi connectivity index (χ0n) is 16.5. The van der Waals surface area contributed by atoms with Crippen molar-refractivity contribution in [3.8, 4) is 0 Å². The molecule has 6 heteroatoms. The van der Waals surface area contributed by atoms with E-state index in [1.165, 1.54) is 5.56 Å². The molecule has 2 heterocycles. The molecule has 0 saturated heterocycles. The average molecular weight is 375 g/mol. The molecule has 3 rings (SSSR count). The Morgan fingerprint density at radius 1 is 1.07 bits per heavy atom. The largest absolute Gasteiger partial charge is 0.344 e. The van der Waals surface area contributed by atoms with Crippen LogP contribution in [0, 0.1) is 6.92 Å². The Labute approximate surface area is 165 Å². The van der Waals surface area contributed by atoms with Crippen molar-refractivity contribution in [2.45, 2.75) is 20.3 Å². The molecule has 1 amide bonds. The third-order valence-corrected chi connectivity index (χ3v) is 4.56. The zero-order valence-corrected chi connectivity index (χ0v) is 16.5. The van der Waals surface area contributed by atoms with E-state index in [-0.39, 0.29) is 5.91 Å². The molecule has 2 aromatic heterocycles. The van der Waals surface area contributed by atoms with Crippen molar-refractivity contribution in [3.63, 3.8) is 0 Å². The SMILES string of the molecule is CCN(C(=O)c1ccnc(N(C)CCc2ccncc2)n1)c1cccc(C)c1. The van der Waals surface area contributed by atoms with Gasteiger partial charge in [0.05, 0.1) is 0 Å². The van der Waals surface area contributed by atoms with E-state index in [1.54, 1.807) is 29.6 Å². The van der Waals surface area contributed by atoms with Gasteiger partial charge in [0.25, 0.3) is 5.91 Å². The first-order valence-corrected chi connectivity index (χ1v) is 9.40. The molecule has 0 fully saturated rings. The standard InChI is InChI=1S/C22H25N5O/c1-4-27(19-7-5-6-17(2)16-19)21(28)20-10-14-24-22(25-20)26(3)15-11-18-8-12-23-13-9-18/h5-10,12-14,16H,4,11,15H2,1-3H3. The summed E-state index contributed by atoms with van der Waals surface area (Å²) in [5, 5.41) is 0. The molecule has 0 aliphatic rings. The second-order valence-electron chi connectivity index (χ2n) is 6.66. The molecule has 0 atom stereocenters. The van der Waals surface area contributed by atoms with Crippen LogP contribution in [-0.2, 0) is 6.42 Å². The highest BCUT2D eigenvalue weighted by molar-refractivity contribution is 6.04. The topological polar surface area (TPSA) is 62.2 Å². The lowest BCUT2D eigenvalue weighted by atomic mass is 10.2. The molecular weight excluding hydrogens is 350 g/mol. The molecule has 0 saturated carbocycles. The van der Waals surface area contributed by atoms with Crippen LogP contribution < -0.4 is 9.80 Å². The minimum atomic E-state index is -0.126. The molecule has 1 aromatic carbocycles. The summed E-state index contributed by atoms with van der Waals surface area (Å²) in [5.74, 6) is 0.416. The van der Waals surface area contributed by atoms with Crippen LogP contribution in [0.4, 0.5) is 11.6 Å². The fraction of sp³-hybridized carbons (Fsp3) is 0.273. The molecule has 3 aromatic rings. The predicted molar refractivity (Wildman–Crippen MR) is 112 cm³/mol. The highest BCUT2D eigenvalue weighted by Crippen LogP contribution is 2.18. The van der Waals surface area contributed by atoms with Crippen LogP contribution in [0.15, 0.2) is 61.1 Å². The van der Waals surface area contributed by atoms with Gasteiger partial charge in [0.2, 0.25) is 5.95 Å². The van der Waals surface area contributed by atoms with Gasteiger partial charge in [0.15, 0.2) is 0 Å². The molecule has 0 bridgehead atoms. The Morgan fingerprint density at radius 2 is 1.86 bits per heavy atom. The van der Waals surface area contributed by atoms with E-state index in [0.717, 1.165) is 24.2 Å². The van der Waals surface area contributed by atoms with Crippen molar-refractivity contribution < 1.29 is 4.79 Å². The van der Waals surface area contributed by atoms with Crippen LogP contribution in [0.1, 0.15) is 28.5 Å². The van der Waals surface area contributed by atoms with E-state index >= 15 is 0 Å². The van der Waals surface area contributed by atoms with Crippen LogP contribution >= 0.6 is 0 Å². The second-order valence-corrected chi connectivity index (χ2v) is 6.66. The van der Waals surface area contributed by atoms with Gasteiger partial charge in [-0.3, -0.25) is 9.78 Å². The number of hydrogen-bond acceptors (Lipinski definition) is 5. The molecule has 144 valence electrons. The Morgan fingerprint density at radius 3 is 2.57 bits per heavy atom. The number of aromatic nitrogens is 3. The van der Waals surface area contributed by atoms with Gasteiger partial charge in [-0.15, -0.1) is 0 Å². The number of carbonyl (C=O) groups is 1. The molecule has 28 heavy (non-hydrogen) atoms. The lowest BCUT2D eigenvalue weighted by Crippen LogP contribution is -2.32. The Kier molecular flexibility index (Phi) is 6.32. The van der Waals surface area contributed by atoms with Gasteiger partial charge in [0.1, 0.15) is 5.69 Å². The Hall–Kier alpha value is -3.28. The quantitative estimate of drug-likeness (QED) is 0.632. The van der Waals surface area contributed by atoms with Crippen molar-refractivity contribution in [2.24, 2.45) is 0 Å². The van der Waals surface area contributed by atoms with Crippen molar-refractivity contribution in [1.29, 1.82) is 0 Å². The molecule has 6 nitrogen and oxygen atoms in total. The minimum absolute atomic E-state index is 0.126. The number of aryl methyl sites for hydroxylation is 1. The number of hydrogen-bond donors (Lipinski definition) is 0. The van der Waals surface area contributed by atoms with Gasteiger partial charge in [-0.1, -0.05) is 12.1 Å². The van der Waals surface area contributed by atoms with E-state index in [0.29, 0.717) is 18.2 Å². The first kappa shape index (κ1) is 19.5. The number of benzene rings is 1. The summed E-state index contributed by atoms with van der Waals surface area (Å²) in [4.78, 5) is 29.6. The zero-order chi connectivity index (χ0) is 19.9. The van der Waals surface area contributed by atoms with Gasteiger partial charge >= 0.3 is 0 Å². The molecular formula is C22H25N5O. The fourth-order valence-electron chi connectivity index (χ4n) is 2.98. The average Bonchev–Trinajstić information content (AvgIpc) is 2.73. The summed E-state index contributed by atoms with van der Waals surface area (Å²) < 4.78 is 0. The third kappa shape index (κ3) is 4.71. The molecule has 0 radical (unpaired) electrons. The summed E-state index contributed by atoms with van der Waals surface area (Å²) in [7, 11) is 1.93. The lowest BCUT2D eigenvalue weighted by molar-refractivity contribution is 0.0983. The number of anilines is 2. The van der Waals surface area contributed by atoms with Crippen LogP contribution in [0.3, 0.4) is 0 Å². The summed E-state index contributed by atoms with van der Waals surface area (Å²) >= 11 is 0. The molecule has 0 N–H and O–H groups in total. The van der Waals surface area contributed by atoms with Crippen LogP contribution in [0.25, 0.3) is 0 Å². The van der Waals surface area contributed by atoms with Crippen LogP contribution in [-0.4, -0.2) is 41.0 Å². The first-order chi connectivity index (χ1) is 13.6. The van der Waals surface area contributed by atoms with Crippen molar-refractivity contribution in [1.82, 2.24) is 15.0 Å². The van der Waals surface area contributed by atoms with Gasteiger partial charge in [-0.2, -0.15) is 0 Å². The van der Waals surface area contributed by atoms with E-state index in [1.807, 2.05) is 62.2 Å². The summed E-state index contributed by atoms with van der Waals surface area (Å²) in [6.45, 7) is 5.29. The van der Waals surface area contributed by atoms with Crippen molar-refractivity contribution in [2.75, 3.05) is 29.9 Å². The summed E-state index contributed by atoms with van der Waals surface area (Å²) in [6, 6.07) is 13.6.